The van der Waals surface area contributed by atoms with Gasteiger partial charge in [0.05, 0.1) is 30.3 Å². The Kier molecular flexibility index (Phi) is 2.80. The second kappa shape index (κ2) is 4.61. The molecule has 0 N–H and O–H groups in total. The lowest BCUT2D eigenvalue weighted by molar-refractivity contribution is 0.397. The summed E-state index contributed by atoms with van der Waals surface area (Å²) in [4.78, 5) is 6.17. The first-order valence-corrected chi connectivity index (χ1v) is 5.93. The van der Waals surface area contributed by atoms with Crippen LogP contribution in [-0.4, -0.2) is 23.8 Å². The maximum atomic E-state index is 9.18. The Hall–Kier alpha value is -2.55. The van der Waals surface area contributed by atoms with Gasteiger partial charge in [-0.25, -0.2) is 4.98 Å². The van der Waals surface area contributed by atoms with Crippen LogP contribution < -0.4 is 9.64 Å². The van der Waals surface area contributed by atoms with Crippen LogP contribution in [0.4, 0.5) is 5.69 Å². The molecule has 2 aromatic heterocycles. The van der Waals surface area contributed by atoms with Gasteiger partial charge in [-0.1, -0.05) is 5.16 Å². The predicted molar refractivity (Wildman–Crippen MR) is 66.8 cm³/mol. The number of ether oxygens (including phenoxy) is 1. The lowest BCUT2D eigenvalue weighted by atomic mass is 10.1. The molecule has 0 saturated carbocycles. The van der Waals surface area contributed by atoms with Crippen LogP contribution in [0.5, 0.6) is 5.88 Å². The van der Waals surface area contributed by atoms with E-state index in [4.69, 9.17) is 9.26 Å². The summed E-state index contributed by atoms with van der Waals surface area (Å²) in [5.41, 5.74) is 3.43. The van der Waals surface area contributed by atoms with Gasteiger partial charge >= 0.3 is 0 Å². The normalized spacial score (nSPS) is 13.8. The van der Waals surface area contributed by atoms with Gasteiger partial charge in [0.1, 0.15) is 12.3 Å². The van der Waals surface area contributed by atoms with E-state index in [9.17, 15) is 5.26 Å². The van der Waals surface area contributed by atoms with Crippen LogP contribution in [0.2, 0.25) is 0 Å². The minimum absolute atomic E-state index is 0.505. The summed E-state index contributed by atoms with van der Waals surface area (Å²) < 4.78 is 10.1. The van der Waals surface area contributed by atoms with Gasteiger partial charge in [0.15, 0.2) is 0 Å². The monoisotopic (exact) mass is 256 g/mol. The van der Waals surface area contributed by atoms with Gasteiger partial charge in [0.2, 0.25) is 5.88 Å². The number of fused-ring (bicyclic) bond motifs is 1. The zero-order valence-corrected chi connectivity index (χ0v) is 10.5. The van der Waals surface area contributed by atoms with Gasteiger partial charge < -0.3 is 14.2 Å². The van der Waals surface area contributed by atoms with Crippen molar-refractivity contribution in [1.82, 2.24) is 10.1 Å². The molecule has 3 heterocycles. The first kappa shape index (κ1) is 11.5. The molecule has 0 atom stereocenters. The Labute approximate surface area is 110 Å². The highest BCUT2D eigenvalue weighted by Crippen LogP contribution is 2.28. The van der Waals surface area contributed by atoms with Crippen LogP contribution in [0.15, 0.2) is 23.0 Å². The highest BCUT2D eigenvalue weighted by molar-refractivity contribution is 5.61. The Morgan fingerprint density at radius 2 is 2.42 bits per heavy atom. The molecular weight excluding hydrogens is 244 g/mol. The van der Waals surface area contributed by atoms with Crippen molar-refractivity contribution in [3.8, 4) is 11.9 Å². The highest BCUT2D eigenvalue weighted by atomic mass is 16.5. The van der Waals surface area contributed by atoms with Crippen LogP contribution >= 0.6 is 0 Å². The van der Waals surface area contributed by atoms with Crippen molar-refractivity contribution in [3.05, 3.63) is 35.3 Å². The molecule has 0 fully saturated rings. The average molecular weight is 256 g/mol. The van der Waals surface area contributed by atoms with E-state index in [0.29, 0.717) is 18.0 Å². The molecule has 0 aliphatic carbocycles. The molecule has 6 nitrogen and oxygen atoms in total. The summed E-state index contributed by atoms with van der Waals surface area (Å²) in [5, 5.41) is 13.1. The molecule has 1 aliphatic rings. The van der Waals surface area contributed by atoms with E-state index < -0.39 is 0 Å². The van der Waals surface area contributed by atoms with E-state index in [0.717, 1.165) is 29.9 Å². The van der Waals surface area contributed by atoms with Crippen molar-refractivity contribution in [2.75, 3.05) is 18.6 Å². The fourth-order valence-electron chi connectivity index (χ4n) is 2.23. The van der Waals surface area contributed by atoms with Gasteiger partial charge in [-0.05, 0) is 0 Å². The quantitative estimate of drug-likeness (QED) is 0.810. The van der Waals surface area contributed by atoms with E-state index in [-0.39, 0.29) is 0 Å². The Morgan fingerprint density at radius 1 is 1.53 bits per heavy atom. The largest absolute Gasteiger partial charge is 0.481 e. The molecule has 0 spiro atoms. The fourth-order valence-corrected chi connectivity index (χ4v) is 2.23. The second-order valence-electron chi connectivity index (χ2n) is 4.31. The minimum Gasteiger partial charge on any atom is -0.481 e. The third-order valence-electron chi connectivity index (χ3n) is 3.24. The summed E-state index contributed by atoms with van der Waals surface area (Å²) in [5.74, 6) is 0.505. The number of aromatic nitrogens is 2. The molecular formula is C13H12N4O2. The molecule has 2 aromatic rings. The number of rotatable bonds is 2. The second-order valence-corrected chi connectivity index (χ2v) is 4.31. The van der Waals surface area contributed by atoms with E-state index in [1.54, 1.807) is 19.4 Å². The number of anilines is 1. The Bertz CT molecular complexity index is 644. The Morgan fingerprint density at radius 3 is 3.21 bits per heavy atom. The van der Waals surface area contributed by atoms with Gasteiger partial charge in [0.25, 0.3) is 0 Å². The van der Waals surface area contributed by atoms with Crippen molar-refractivity contribution in [1.29, 1.82) is 5.26 Å². The van der Waals surface area contributed by atoms with Crippen molar-refractivity contribution >= 4 is 5.69 Å². The van der Waals surface area contributed by atoms with Crippen molar-refractivity contribution < 1.29 is 9.26 Å². The van der Waals surface area contributed by atoms with E-state index >= 15 is 0 Å². The SMILES string of the molecule is COc1cc(N2CCc3nocc3C2)c(C#N)cn1. The Balaban J connectivity index is 1.97. The summed E-state index contributed by atoms with van der Waals surface area (Å²) in [6.07, 6.45) is 4.00. The minimum atomic E-state index is 0.505. The van der Waals surface area contributed by atoms with Gasteiger partial charge in [-0.3, -0.25) is 0 Å². The number of pyridine rings is 1. The molecule has 0 bridgehead atoms. The maximum Gasteiger partial charge on any atom is 0.215 e. The van der Waals surface area contributed by atoms with Crippen molar-refractivity contribution in [2.45, 2.75) is 13.0 Å². The van der Waals surface area contributed by atoms with Gasteiger partial charge in [-0.15, -0.1) is 0 Å². The van der Waals surface area contributed by atoms with Crippen LogP contribution in [0.3, 0.4) is 0 Å². The topological polar surface area (TPSA) is 75.2 Å². The van der Waals surface area contributed by atoms with Gasteiger partial charge in [0, 0.05) is 31.1 Å². The van der Waals surface area contributed by atoms with Crippen LogP contribution in [-0.2, 0) is 13.0 Å². The zero-order chi connectivity index (χ0) is 13.2. The molecule has 0 saturated heterocycles. The lowest BCUT2D eigenvalue weighted by Crippen LogP contribution is -2.30. The molecule has 96 valence electrons. The molecule has 3 rings (SSSR count). The number of methoxy groups -OCH3 is 1. The van der Waals surface area contributed by atoms with Crippen molar-refractivity contribution in [3.63, 3.8) is 0 Å². The van der Waals surface area contributed by atoms with E-state index in [2.05, 4.69) is 21.1 Å². The summed E-state index contributed by atoms with van der Waals surface area (Å²) in [7, 11) is 1.56. The van der Waals surface area contributed by atoms with Crippen molar-refractivity contribution in [2.24, 2.45) is 0 Å². The molecule has 0 unspecified atom stereocenters. The number of hydrogen-bond acceptors (Lipinski definition) is 6. The lowest BCUT2D eigenvalue weighted by Gasteiger charge is -2.28. The predicted octanol–water partition coefficient (Wildman–Crippen LogP) is 1.51. The molecule has 0 radical (unpaired) electrons. The summed E-state index contributed by atoms with van der Waals surface area (Å²) in [6, 6.07) is 3.95. The molecule has 6 heteroatoms. The third-order valence-corrected chi connectivity index (χ3v) is 3.24. The number of nitriles is 1. The molecule has 0 amide bonds. The standard InChI is InChI=1S/C13H12N4O2/c1-18-13-4-12(9(5-14)6-15-13)17-3-2-11-10(7-17)8-19-16-11/h4,6,8H,2-3,7H2,1H3. The average Bonchev–Trinajstić information content (AvgIpc) is 2.93. The molecule has 0 aromatic carbocycles. The highest BCUT2D eigenvalue weighted by Gasteiger charge is 2.22. The maximum absolute atomic E-state index is 9.18. The fraction of sp³-hybridized carbons (Fsp3) is 0.308. The number of hydrogen-bond donors (Lipinski definition) is 0. The van der Waals surface area contributed by atoms with E-state index in [1.807, 2.05) is 0 Å². The van der Waals surface area contributed by atoms with Crippen LogP contribution in [0.1, 0.15) is 16.8 Å². The van der Waals surface area contributed by atoms with E-state index in [1.165, 1.54) is 6.20 Å². The first-order chi connectivity index (χ1) is 9.31. The smallest absolute Gasteiger partial charge is 0.215 e. The zero-order valence-electron chi connectivity index (χ0n) is 10.5. The summed E-state index contributed by atoms with van der Waals surface area (Å²) in [6.45, 7) is 1.47. The molecule has 1 aliphatic heterocycles. The molecule has 19 heavy (non-hydrogen) atoms. The number of nitrogens with zero attached hydrogens (tertiary/aromatic N) is 4. The summed E-state index contributed by atoms with van der Waals surface area (Å²) >= 11 is 0. The first-order valence-electron chi connectivity index (χ1n) is 5.93. The van der Waals surface area contributed by atoms with Gasteiger partial charge in [-0.2, -0.15) is 5.26 Å². The third kappa shape index (κ3) is 1.99. The van der Waals surface area contributed by atoms with Crippen LogP contribution in [0, 0.1) is 11.3 Å². The van der Waals surface area contributed by atoms with Crippen LogP contribution in [0.25, 0.3) is 0 Å².